The number of rotatable bonds is 5. The predicted octanol–water partition coefficient (Wildman–Crippen LogP) is 3.60. The van der Waals surface area contributed by atoms with Gasteiger partial charge in [0.1, 0.15) is 0 Å². The minimum atomic E-state index is 0.119. The molecule has 0 aliphatic heterocycles. The third-order valence-corrected chi connectivity index (χ3v) is 4.58. The first-order chi connectivity index (χ1) is 8.50. The Morgan fingerprint density at radius 1 is 1.33 bits per heavy atom. The van der Waals surface area contributed by atoms with E-state index in [2.05, 4.69) is 31.0 Å². The molecule has 1 aliphatic rings. The molecule has 0 spiro atoms. The number of hydrogen-bond acceptors (Lipinski definition) is 2. The zero-order valence-corrected chi connectivity index (χ0v) is 12.1. The molecule has 2 N–H and O–H groups in total. The van der Waals surface area contributed by atoms with Gasteiger partial charge in [0.2, 0.25) is 0 Å². The van der Waals surface area contributed by atoms with Gasteiger partial charge in [0.05, 0.1) is 0 Å². The minimum absolute atomic E-state index is 0.119. The van der Waals surface area contributed by atoms with Crippen LogP contribution in [0.15, 0.2) is 24.3 Å². The lowest BCUT2D eigenvalue weighted by atomic mass is 9.75. The molecule has 1 unspecified atom stereocenters. The molecule has 0 radical (unpaired) electrons. The fourth-order valence-corrected chi connectivity index (χ4v) is 2.60. The first-order valence-electron chi connectivity index (χ1n) is 6.75. The van der Waals surface area contributed by atoms with Crippen molar-refractivity contribution in [2.24, 2.45) is 5.73 Å². The van der Waals surface area contributed by atoms with Gasteiger partial charge in [-0.05, 0) is 57.4 Å². The summed E-state index contributed by atoms with van der Waals surface area (Å²) in [7, 11) is 2.17. The molecular formula is C15H23ClN2. The highest BCUT2D eigenvalue weighted by atomic mass is 35.5. The molecule has 1 atom stereocenters. The molecule has 18 heavy (non-hydrogen) atoms. The first kappa shape index (κ1) is 13.9. The molecule has 1 aliphatic carbocycles. The molecule has 1 aromatic rings. The summed E-state index contributed by atoms with van der Waals surface area (Å²) in [5.41, 5.74) is 7.69. The second-order valence-corrected chi connectivity index (χ2v) is 6.11. The summed E-state index contributed by atoms with van der Waals surface area (Å²) in [4.78, 5) is 2.37. The highest BCUT2D eigenvalue weighted by molar-refractivity contribution is 6.30. The van der Waals surface area contributed by atoms with Gasteiger partial charge in [0.25, 0.3) is 0 Å². The van der Waals surface area contributed by atoms with E-state index in [1.165, 1.54) is 24.8 Å². The molecule has 100 valence electrons. The van der Waals surface area contributed by atoms with Gasteiger partial charge in [-0.2, -0.15) is 0 Å². The summed E-state index contributed by atoms with van der Waals surface area (Å²) in [5.74, 6) is 0. The number of nitrogens with two attached hydrogens (primary N) is 1. The normalized spacial score (nSPS) is 19.6. The van der Waals surface area contributed by atoms with Gasteiger partial charge >= 0.3 is 0 Å². The lowest BCUT2D eigenvalue weighted by molar-refractivity contribution is 0.176. The van der Waals surface area contributed by atoms with E-state index in [-0.39, 0.29) is 5.54 Å². The largest absolute Gasteiger partial charge is 0.325 e. The van der Waals surface area contributed by atoms with Crippen LogP contribution in [0.25, 0.3) is 0 Å². The Bertz CT molecular complexity index is 384. The van der Waals surface area contributed by atoms with Crippen molar-refractivity contribution in [1.29, 1.82) is 0 Å². The van der Waals surface area contributed by atoms with E-state index >= 15 is 0 Å². The van der Waals surface area contributed by atoms with Crippen LogP contribution < -0.4 is 5.73 Å². The van der Waals surface area contributed by atoms with Crippen LogP contribution in [0.3, 0.4) is 0 Å². The monoisotopic (exact) mass is 266 g/mol. The van der Waals surface area contributed by atoms with Gasteiger partial charge in [0.15, 0.2) is 0 Å². The van der Waals surface area contributed by atoms with Gasteiger partial charge in [-0.25, -0.2) is 0 Å². The minimum Gasteiger partial charge on any atom is -0.325 e. The second kappa shape index (κ2) is 5.60. The molecular weight excluding hydrogens is 244 g/mol. The van der Waals surface area contributed by atoms with Crippen molar-refractivity contribution in [3.05, 3.63) is 34.9 Å². The van der Waals surface area contributed by atoms with Crippen LogP contribution in [0.2, 0.25) is 5.02 Å². The van der Waals surface area contributed by atoms with E-state index in [1.807, 2.05) is 12.1 Å². The Kier molecular flexibility index (Phi) is 4.31. The fraction of sp³-hybridized carbons (Fsp3) is 0.600. The summed E-state index contributed by atoms with van der Waals surface area (Å²) in [6, 6.07) is 8.52. The third-order valence-electron chi connectivity index (χ3n) is 4.33. The molecule has 0 aromatic heterocycles. The molecule has 2 rings (SSSR count). The molecule has 0 saturated heterocycles. The maximum Gasteiger partial charge on any atom is 0.0406 e. The Morgan fingerprint density at radius 2 is 1.94 bits per heavy atom. The smallest absolute Gasteiger partial charge is 0.0406 e. The predicted molar refractivity (Wildman–Crippen MR) is 77.9 cm³/mol. The van der Waals surface area contributed by atoms with Crippen molar-refractivity contribution in [1.82, 2.24) is 4.90 Å². The molecule has 0 amide bonds. The van der Waals surface area contributed by atoms with Crippen LogP contribution in [0.1, 0.15) is 44.2 Å². The van der Waals surface area contributed by atoms with Crippen molar-refractivity contribution >= 4 is 11.6 Å². The van der Waals surface area contributed by atoms with E-state index in [9.17, 15) is 0 Å². The van der Waals surface area contributed by atoms with Crippen molar-refractivity contribution in [3.8, 4) is 0 Å². The van der Waals surface area contributed by atoms with Crippen molar-refractivity contribution in [2.45, 2.75) is 44.2 Å². The van der Waals surface area contributed by atoms with Gasteiger partial charge in [-0.3, -0.25) is 4.90 Å². The standard InChI is InChI=1S/C15H23ClN2/c1-12(13-4-6-14(16)7-5-13)18(2)11-10-15(17)8-3-9-15/h4-7,12H,3,8-11,17H2,1-2H3. The summed E-state index contributed by atoms with van der Waals surface area (Å²) in [6.45, 7) is 3.29. The van der Waals surface area contributed by atoms with Gasteiger partial charge in [-0.1, -0.05) is 23.7 Å². The van der Waals surface area contributed by atoms with Crippen LogP contribution in [0.5, 0.6) is 0 Å². The Balaban J connectivity index is 1.87. The van der Waals surface area contributed by atoms with Gasteiger partial charge < -0.3 is 5.73 Å². The van der Waals surface area contributed by atoms with Crippen molar-refractivity contribution < 1.29 is 0 Å². The first-order valence-corrected chi connectivity index (χ1v) is 7.13. The average molecular weight is 267 g/mol. The topological polar surface area (TPSA) is 29.3 Å². The van der Waals surface area contributed by atoms with Crippen LogP contribution in [0.4, 0.5) is 0 Å². The quantitative estimate of drug-likeness (QED) is 0.882. The van der Waals surface area contributed by atoms with E-state index in [0.29, 0.717) is 6.04 Å². The molecule has 1 aromatic carbocycles. The number of halogens is 1. The number of hydrogen-bond donors (Lipinski definition) is 1. The fourth-order valence-electron chi connectivity index (χ4n) is 2.47. The van der Waals surface area contributed by atoms with E-state index in [4.69, 9.17) is 17.3 Å². The third kappa shape index (κ3) is 3.25. The maximum atomic E-state index is 6.27. The molecule has 3 heteroatoms. The van der Waals surface area contributed by atoms with E-state index < -0.39 is 0 Å². The van der Waals surface area contributed by atoms with Crippen molar-refractivity contribution in [3.63, 3.8) is 0 Å². The number of benzene rings is 1. The Morgan fingerprint density at radius 3 is 2.44 bits per heavy atom. The number of nitrogens with zero attached hydrogens (tertiary/aromatic N) is 1. The molecule has 1 saturated carbocycles. The van der Waals surface area contributed by atoms with Gasteiger partial charge in [-0.15, -0.1) is 0 Å². The van der Waals surface area contributed by atoms with Crippen LogP contribution in [-0.2, 0) is 0 Å². The highest BCUT2D eigenvalue weighted by Crippen LogP contribution is 2.33. The Labute approximate surface area is 115 Å². The average Bonchev–Trinajstić information content (AvgIpc) is 2.33. The highest BCUT2D eigenvalue weighted by Gasteiger charge is 2.32. The lowest BCUT2D eigenvalue weighted by Gasteiger charge is -2.40. The molecule has 0 bridgehead atoms. The molecule has 0 heterocycles. The summed E-state index contributed by atoms with van der Waals surface area (Å²) in [5, 5.41) is 0.795. The SMILES string of the molecule is CC(c1ccc(Cl)cc1)N(C)CCC1(N)CCC1. The second-order valence-electron chi connectivity index (χ2n) is 5.67. The molecule has 2 nitrogen and oxygen atoms in total. The summed E-state index contributed by atoms with van der Waals surface area (Å²) < 4.78 is 0. The van der Waals surface area contributed by atoms with Crippen LogP contribution >= 0.6 is 11.6 Å². The maximum absolute atomic E-state index is 6.27. The zero-order valence-electron chi connectivity index (χ0n) is 11.3. The summed E-state index contributed by atoms with van der Waals surface area (Å²) in [6.07, 6.45) is 4.78. The van der Waals surface area contributed by atoms with Crippen LogP contribution in [-0.4, -0.2) is 24.0 Å². The molecule has 1 fully saturated rings. The zero-order chi connectivity index (χ0) is 13.2. The van der Waals surface area contributed by atoms with Crippen LogP contribution in [0, 0.1) is 0 Å². The van der Waals surface area contributed by atoms with E-state index in [1.54, 1.807) is 0 Å². The summed E-state index contributed by atoms with van der Waals surface area (Å²) >= 11 is 5.91. The van der Waals surface area contributed by atoms with Gasteiger partial charge in [0, 0.05) is 23.1 Å². The Hall–Kier alpha value is -0.570. The van der Waals surface area contributed by atoms with Crippen molar-refractivity contribution in [2.75, 3.05) is 13.6 Å². The lowest BCUT2D eigenvalue weighted by Crippen LogP contribution is -2.48. The van der Waals surface area contributed by atoms with E-state index in [0.717, 1.165) is 18.0 Å².